The molecule has 7 nitrogen and oxygen atoms in total. The first-order chi connectivity index (χ1) is 17.1. The van der Waals surface area contributed by atoms with E-state index in [1.807, 2.05) is 24.3 Å². The summed E-state index contributed by atoms with van der Waals surface area (Å²) in [6.07, 6.45) is 1.29. The smallest absolute Gasteiger partial charge is 0.316 e. The average Bonchev–Trinajstić information content (AvgIpc) is 3.33. The Balaban J connectivity index is 1.28. The van der Waals surface area contributed by atoms with E-state index in [-0.39, 0.29) is 52.2 Å². The van der Waals surface area contributed by atoms with Gasteiger partial charge in [0.1, 0.15) is 5.75 Å². The number of nitrogens with zero attached hydrogens (tertiary/aromatic N) is 2. The van der Waals surface area contributed by atoms with Crippen LogP contribution in [0.2, 0.25) is 0 Å². The van der Waals surface area contributed by atoms with Crippen LogP contribution in [-0.4, -0.2) is 39.9 Å². The van der Waals surface area contributed by atoms with Crippen molar-refractivity contribution in [3.8, 4) is 5.75 Å². The third-order valence-corrected chi connectivity index (χ3v) is 10.4. The summed E-state index contributed by atoms with van der Waals surface area (Å²) in [5.74, 6) is -1.91. The fraction of sp³-hybridized carbons (Fsp3) is 0.385. The number of alkyl halides is 2. The summed E-state index contributed by atoms with van der Waals surface area (Å²) < 4.78 is 6.50. The van der Waals surface area contributed by atoms with Crippen LogP contribution in [0.1, 0.15) is 24.8 Å². The zero-order valence-corrected chi connectivity index (χ0v) is 24.1. The number of halogens is 3. The van der Waals surface area contributed by atoms with E-state index in [4.69, 9.17) is 4.74 Å². The lowest BCUT2D eigenvalue weighted by molar-refractivity contribution is -0.139. The molecule has 188 valence electrons. The van der Waals surface area contributed by atoms with Gasteiger partial charge < -0.3 is 9.64 Å². The monoisotopic (exact) mass is 680 g/mol. The van der Waals surface area contributed by atoms with Crippen LogP contribution in [0, 0.1) is 24.7 Å². The first kappa shape index (κ1) is 25.6. The molecule has 0 N–H and O–H groups in total. The van der Waals surface area contributed by atoms with E-state index in [9.17, 15) is 19.2 Å². The van der Waals surface area contributed by atoms with Crippen LogP contribution in [0.3, 0.4) is 0 Å². The Labute approximate surface area is 233 Å². The molecule has 0 radical (unpaired) electrons. The lowest BCUT2D eigenvalue weighted by Crippen LogP contribution is -2.34. The predicted octanol–water partition coefficient (Wildman–Crippen LogP) is 5.14. The maximum atomic E-state index is 13.1. The van der Waals surface area contributed by atoms with E-state index in [2.05, 4.69) is 47.8 Å². The number of anilines is 2. The standard InChI is InChI=1S/C26H23Br3N2O5/c1-13-8-17(36-26(35)14-9-23(32)30(12-14)16-4-2-15(27)3-5-16)6-7-22(13)31-24(33)18-10-20(28)21(29)11-19(18)25(31)34/h2-8,14,18-21H,9-12H2,1H3/t14-,18-,19-,20+,21+/m1/s1. The number of hydrogen-bond acceptors (Lipinski definition) is 5. The highest BCUT2D eigenvalue weighted by molar-refractivity contribution is 9.12. The largest absolute Gasteiger partial charge is 0.426 e. The first-order valence-electron chi connectivity index (χ1n) is 11.7. The van der Waals surface area contributed by atoms with Crippen molar-refractivity contribution >= 4 is 82.9 Å². The van der Waals surface area contributed by atoms with Crippen molar-refractivity contribution in [2.75, 3.05) is 16.3 Å². The fourth-order valence-corrected chi connectivity index (χ4v) is 6.71. The number of imide groups is 1. The molecule has 2 saturated heterocycles. The van der Waals surface area contributed by atoms with Gasteiger partial charge in [0.15, 0.2) is 0 Å². The number of esters is 1. The second kappa shape index (κ2) is 10.0. The molecule has 2 aromatic rings. The molecule has 10 heteroatoms. The molecule has 3 amide bonds. The SMILES string of the molecule is Cc1cc(OC(=O)[C@@H]2CC(=O)N(c3ccc(Br)cc3)C2)ccc1N1C(=O)[C@@H]2C[C@H](Br)[C@@H](Br)C[C@H]2C1=O. The third kappa shape index (κ3) is 4.67. The van der Waals surface area contributed by atoms with Gasteiger partial charge in [-0.05, 0) is 67.8 Å². The van der Waals surface area contributed by atoms with Gasteiger partial charge >= 0.3 is 5.97 Å². The summed E-state index contributed by atoms with van der Waals surface area (Å²) >= 11 is 10.6. The minimum Gasteiger partial charge on any atom is -0.426 e. The van der Waals surface area contributed by atoms with Crippen LogP contribution in [0.5, 0.6) is 5.75 Å². The number of carbonyl (C=O) groups is 4. The summed E-state index contributed by atoms with van der Waals surface area (Å²) in [5.41, 5.74) is 1.90. The van der Waals surface area contributed by atoms with Crippen LogP contribution in [-0.2, 0) is 19.2 Å². The minimum absolute atomic E-state index is 0.0780. The molecule has 0 unspecified atom stereocenters. The number of fused-ring (bicyclic) bond motifs is 1. The third-order valence-electron chi connectivity index (χ3n) is 7.14. The van der Waals surface area contributed by atoms with Gasteiger partial charge in [0.2, 0.25) is 17.7 Å². The topological polar surface area (TPSA) is 84.0 Å². The Morgan fingerprint density at radius 3 is 2.14 bits per heavy atom. The van der Waals surface area contributed by atoms with Crippen LogP contribution in [0.25, 0.3) is 0 Å². The van der Waals surface area contributed by atoms with Crippen molar-refractivity contribution < 1.29 is 23.9 Å². The van der Waals surface area contributed by atoms with Gasteiger partial charge in [-0.1, -0.05) is 47.8 Å². The molecule has 3 fully saturated rings. The zero-order chi connectivity index (χ0) is 25.7. The van der Waals surface area contributed by atoms with E-state index < -0.39 is 11.9 Å². The first-order valence-corrected chi connectivity index (χ1v) is 14.3. The summed E-state index contributed by atoms with van der Waals surface area (Å²) in [4.78, 5) is 54.8. The normalized spacial score (nSPS) is 28.0. The molecule has 0 aromatic heterocycles. The summed E-state index contributed by atoms with van der Waals surface area (Å²) in [7, 11) is 0. The number of benzene rings is 2. The second-order valence-electron chi connectivity index (χ2n) is 9.48. The average molecular weight is 683 g/mol. The molecule has 3 aliphatic rings. The van der Waals surface area contributed by atoms with E-state index >= 15 is 0 Å². The van der Waals surface area contributed by atoms with E-state index in [0.717, 1.165) is 10.2 Å². The van der Waals surface area contributed by atoms with E-state index in [1.54, 1.807) is 30.0 Å². The van der Waals surface area contributed by atoms with Gasteiger partial charge in [0.05, 0.1) is 23.4 Å². The maximum absolute atomic E-state index is 13.1. The molecule has 36 heavy (non-hydrogen) atoms. The lowest BCUT2D eigenvalue weighted by atomic mass is 9.81. The van der Waals surface area contributed by atoms with Crippen molar-refractivity contribution in [3.63, 3.8) is 0 Å². The summed E-state index contributed by atoms with van der Waals surface area (Å²) in [6.45, 7) is 2.03. The lowest BCUT2D eigenvalue weighted by Gasteiger charge is -2.29. The fourth-order valence-electron chi connectivity index (χ4n) is 5.21. The summed E-state index contributed by atoms with van der Waals surface area (Å²) in [6, 6.07) is 12.2. The van der Waals surface area contributed by atoms with Gasteiger partial charge in [0.25, 0.3) is 0 Å². The van der Waals surface area contributed by atoms with Crippen LogP contribution >= 0.6 is 47.8 Å². The second-order valence-corrected chi connectivity index (χ2v) is 12.7. The Morgan fingerprint density at radius 1 is 0.944 bits per heavy atom. The van der Waals surface area contributed by atoms with Crippen molar-refractivity contribution in [2.24, 2.45) is 17.8 Å². The van der Waals surface area contributed by atoms with Crippen LogP contribution in [0.15, 0.2) is 46.9 Å². The molecule has 5 rings (SSSR count). The number of aryl methyl sites for hydroxylation is 1. The van der Waals surface area contributed by atoms with E-state index in [0.29, 0.717) is 29.8 Å². The summed E-state index contributed by atoms with van der Waals surface area (Å²) in [5, 5.41) is 0. The van der Waals surface area contributed by atoms with Crippen LogP contribution in [0.4, 0.5) is 11.4 Å². The van der Waals surface area contributed by atoms with Crippen molar-refractivity contribution in [1.82, 2.24) is 0 Å². The molecular formula is C26H23Br3N2O5. The highest BCUT2D eigenvalue weighted by Crippen LogP contribution is 2.45. The molecule has 0 bridgehead atoms. The van der Waals surface area contributed by atoms with Gasteiger partial charge in [-0.15, -0.1) is 0 Å². The van der Waals surface area contributed by atoms with Crippen molar-refractivity contribution in [2.45, 2.75) is 35.8 Å². The molecule has 2 heterocycles. The Kier molecular flexibility index (Phi) is 7.13. The Morgan fingerprint density at radius 2 is 1.56 bits per heavy atom. The minimum atomic E-state index is -0.583. The zero-order valence-electron chi connectivity index (χ0n) is 19.3. The van der Waals surface area contributed by atoms with Gasteiger partial charge in [0, 0.05) is 32.8 Å². The number of carbonyl (C=O) groups excluding carboxylic acids is 4. The van der Waals surface area contributed by atoms with E-state index in [1.165, 1.54) is 4.90 Å². The van der Waals surface area contributed by atoms with Crippen LogP contribution < -0.4 is 14.5 Å². The number of rotatable bonds is 4. The maximum Gasteiger partial charge on any atom is 0.316 e. The quantitative estimate of drug-likeness (QED) is 0.193. The number of amides is 3. The Hall–Kier alpha value is -2.04. The van der Waals surface area contributed by atoms with Crippen molar-refractivity contribution in [3.05, 3.63) is 52.5 Å². The Bertz CT molecular complexity index is 1220. The molecular weight excluding hydrogens is 660 g/mol. The molecule has 1 aliphatic carbocycles. The predicted molar refractivity (Wildman–Crippen MR) is 146 cm³/mol. The van der Waals surface area contributed by atoms with Gasteiger partial charge in [-0.25, -0.2) is 4.90 Å². The highest BCUT2D eigenvalue weighted by Gasteiger charge is 2.52. The van der Waals surface area contributed by atoms with Crippen molar-refractivity contribution in [1.29, 1.82) is 0 Å². The number of ether oxygens (including phenoxy) is 1. The molecule has 2 aromatic carbocycles. The molecule has 5 atom stereocenters. The molecule has 0 spiro atoms. The number of hydrogen-bond donors (Lipinski definition) is 0. The van der Waals surface area contributed by atoms with Gasteiger partial charge in [-0.2, -0.15) is 0 Å². The molecule has 2 aliphatic heterocycles. The van der Waals surface area contributed by atoms with Gasteiger partial charge in [-0.3, -0.25) is 19.2 Å². The molecule has 1 saturated carbocycles. The highest BCUT2D eigenvalue weighted by atomic mass is 79.9.